The number of nitrogens with one attached hydrogen (secondary N) is 1. The summed E-state index contributed by atoms with van der Waals surface area (Å²) in [6.07, 6.45) is 4.48. The number of ether oxygens (including phenoxy) is 1. The Morgan fingerprint density at radius 3 is 2.46 bits per heavy atom. The van der Waals surface area contributed by atoms with E-state index in [1.165, 1.54) is 7.11 Å². The molecule has 2 atom stereocenters. The van der Waals surface area contributed by atoms with E-state index >= 15 is 0 Å². The van der Waals surface area contributed by atoms with Crippen LogP contribution in [0.1, 0.15) is 25.7 Å². The molecular formula is C32H30N6O3. The van der Waals surface area contributed by atoms with E-state index in [2.05, 4.69) is 10.3 Å². The van der Waals surface area contributed by atoms with Crippen molar-refractivity contribution >= 4 is 34.5 Å². The number of carbonyl (C=O) groups is 2. The van der Waals surface area contributed by atoms with Crippen LogP contribution in [0.5, 0.6) is 0 Å². The van der Waals surface area contributed by atoms with Gasteiger partial charge in [-0.15, -0.1) is 0 Å². The van der Waals surface area contributed by atoms with Crippen LogP contribution in [0.25, 0.3) is 39.5 Å². The first-order valence-corrected chi connectivity index (χ1v) is 13.7. The number of hydrogen-bond donors (Lipinski definition) is 2. The minimum Gasteiger partial charge on any atom is -0.469 e. The van der Waals surface area contributed by atoms with Gasteiger partial charge in [0.1, 0.15) is 11.3 Å². The largest absolute Gasteiger partial charge is 0.469 e. The van der Waals surface area contributed by atoms with Crippen LogP contribution in [0, 0.1) is 11.8 Å². The molecule has 3 heterocycles. The van der Waals surface area contributed by atoms with Gasteiger partial charge in [-0.05, 0) is 67.8 Å². The molecule has 2 unspecified atom stereocenters. The number of imidazole rings is 1. The zero-order valence-corrected chi connectivity index (χ0v) is 22.7. The molecule has 1 saturated carbocycles. The molecule has 9 heteroatoms. The van der Waals surface area contributed by atoms with Gasteiger partial charge in [-0.1, -0.05) is 36.8 Å². The Labute approximate surface area is 237 Å². The average molecular weight is 547 g/mol. The van der Waals surface area contributed by atoms with Crippen LogP contribution in [0.15, 0.2) is 85.1 Å². The average Bonchev–Trinajstić information content (AvgIpc) is 3.40. The van der Waals surface area contributed by atoms with Gasteiger partial charge in [0.15, 0.2) is 11.5 Å². The summed E-state index contributed by atoms with van der Waals surface area (Å²) in [5, 5.41) is 3.02. The molecule has 6 rings (SSSR count). The lowest BCUT2D eigenvalue weighted by Gasteiger charge is -2.26. The van der Waals surface area contributed by atoms with Crippen molar-refractivity contribution in [1.29, 1.82) is 0 Å². The second-order valence-electron chi connectivity index (χ2n) is 10.2. The van der Waals surface area contributed by atoms with E-state index in [0.29, 0.717) is 35.0 Å². The van der Waals surface area contributed by atoms with Crippen molar-refractivity contribution < 1.29 is 14.3 Å². The normalized spacial score (nSPS) is 16.8. The van der Waals surface area contributed by atoms with Crippen molar-refractivity contribution in [3.63, 3.8) is 0 Å². The molecule has 0 saturated heterocycles. The maximum absolute atomic E-state index is 13.1. The van der Waals surface area contributed by atoms with Crippen LogP contribution >= 0.6 is 0 Å². The van der Waals surface area contributed by atoms with Gasteiger partial charge in [-0.25, -0.2) is 15.0 Å². The number of aromatic nitrogens is 4. The van der Waals surface area contributed by atoms with Gasteiger partial charge in [-0.3, -0.25) is 14.2 Å². The quantitative estimate of drug-likeness (QED) is 0.264. The third-order valence-corrected chi connectivity index (χ3v) is 7.63. The van der Waals surface area contributed by atoms with Crippen molar-refractivity contribution in [3.05, 3.63) is 85.1 Å². The highest BCUT2D eigenvalue weighted by atomic mass is 16.5. The fourth-order valence-corrected chi connectivity index (χ4v) is 5.51. The SMILES string of the molecule is COC(=O)C1CCCC(C(=O)Nc2ccc(-n3c(-c4cccnc4N)nc4ccc(-c5ccccc5)nc43)cc2)C1. The minimum atomic E-state index is -0.242. The van der Waals surface area contributed by atoms with Crippen LogP contribution in [0.2, 0.25) is 0 Å². The molecule has 206 valence electrons. The highest BCUT2D eigenvalue weighted by molar-refractivity contribution is 5.93. The Hall–Kier alpha value is -5.05. The van der Waals surface area contributed by atoms with Gasteiger partial charge in [0.05, 0.1) is 24.3 Å². The van der Waals surface area contributed by atoms with Crippen LogP contribution in [0.3, 0.4) is 0 Å². The molecular weight excluding hydrogens is 516 g/mol. The summed E-state index contributed by atoms with van der Waals surface area (Å²) in [5.41, 5.74) is 11.7. The first-order chi connectivity index (χ1) is 20.0. The second kappa shape index (κ2) is 11.2. The first-order valence-electron chi connectivity index (χ1n) is 13.7. The third kappa shape index (κ3) is 5.26. The van der Waals surface area contributed by atoms with Gasteiger partial charge in [0.2, 0.25) is 5.91 Å². The van der Waals surface area contributed by atoms with E-state index < -0.39 is 0 Å². The zero-order valence-electron chi connectivity index (χ0n) is 22.7. The molecule has 0 bridgehead atoms. The second-order valence-corrected chi connectivity index (χ2v) is 10.2. The van der Waals surface area contributed by atoms with Crippen LogP contribution in [-0.4, -0.2) is 38.5 Å². The summed E-state index contributed by atoms with van der Waals surface area (Å²) in [6.45, 7) is 0. The smallest absolute Gasteiger partial charge is 0.308 e. The molecule has 0 spiro atoms. The number of fused-ring (bicyclic) bond motifs is 1. The lowest BCUT2D eigenvalue weighted by atomic mass is 9.81. The summed E-state index contributed by atoms with van der Waals surface area (Å²) in [6, 6.07) is 25.2. The number of nitrogens with two attached hydrogens (primary N) is 1. The number of methoxy groups -OCH3 is 1. The van der Waals surface area contributed by atoms with Crippen molar-refractivity contribution in [2.75, 3.05) is 18.2 Å². The molecule has 5 aromatic rings. The molecule has 1 aliphatic carbocycles. The summed E-state index contributed by atoms with van der Waals surface area (Å²) in [7, 11) is 1.39. The molecule has 41 heavy (non-hydrogen) atoms. The maximum Gasteiger partial charge on any atom is 0.308 e. The topological polar surface area (TPSA) is 125 Å². The Kier molecular flexibility index (Phi) is 7.16. The molecule has 2 aromatic carbocycles. The summed E-state index contributed by atoms with van der Waals surface area (Å²) < 4.78 is 6.86. The fraction of sp³-hybridized carbons (Fsp3) is 0.219. The number of esters is 1. The number of pyridine rings is 2. The number of nitrogens with zero attached hydrogens (tertiary/aromatic N) is 4. The molecule has 1 aliphatic rings. The van der Waals surface area contributed by atoms with E-state index in [4.69, 9.17) is 20.4 Å². The van der Waals surface area contributed by atoms with Crippen molar-refractivity contribution in [3.8, 4) is 28.3 Å². The molecule has 3 aromatic heterocycles. The maximum atomic E-state index is 13.1. The van der Waals surface area contributed by atoms with Crippen LogP contribution in [-0.2, 0) is 14.3 Å². The van der Waals surface area contributed by atoms with Crippen molar-refractivity contribution in [1.82, 2.24) is 19.5 Å². The van der Waals surface area contributed by atoms with E-state index in [-0.39, 0.29) is 23.7 Å². The lowest BCUT2D eigenvalue weighted by molar-refractivity contribution is -0.147. The van der Waals surface area contributed by atoms with E-state index in [0.717, 1.165) is 41.7 Å². The summed E-state index contributed by atoms with van der Waals surface area (Å²) in [4.78, 5) is 39.2. The Bertz CT molecular complexity index is 1720. The number of hydrogen-bond acceptors (Lipinski definition) is 7. The Morgan fingerprint density at radius 1 is 0.927 bits per heavy atom. The number of carbonyl (C=O) groups excluding carboxylic acids is 2. The van der Waals surface area contributed by atoms with Gasteiger partial charge < -0.3 is 15.8 Å². The predicted molar refractivity (Wildman–Crippen MR) is 158 cm³/mol. The number of anilines is 2. The van der Waals surface area contributed by atoms with Crippen LogP contribution in [0.4, 0.5) is 11.5 Å². The van der Waals surface area contributed by atoms with Crippen molar-refractivity contribution in [2.24, 2.45) is 11.8 Å². The molecule has 0 aliphatic heterocycles. The minimum absolute atomic E-state index is 0.0857. The monoisotopic (exact) mass is 546 g/mol. The van der Waals surface area contributed by atoms with Gasteiger partial charge in [0, 0.05) is 29.1 Å². The molecule has 1 amide bonds. The van der Waals surface area contributed by atoms with E-state index in [1.807, 2.05) is 83.4 Å². The van der Waals surface area contributed by atoms with Gasteiger partial charge in [-0.2, -0.15) is 0 Å². The highest BCUT2D eigenvalue weighted by Gasteiger charge is 2.31. The molecule has 0 radical (unpaired) electrons. The third-order valence-electron chi connectivity index (χ3n) is 7.63. The standard InChI is InChI=1S/C32H30N6O3/c1-41-32(40)22-10-5-9-21(19-22)31(39)35-23-12-14-24(15-13-23)38-29(25-11-6-18-34-28(25)33)37-27-17-16-26(36-30(27)38)20-7-3-2-4-8-20/h2-4,6-8,11-18,21-22H,5,9-10,19H2,1H3,(H2,33,34)(H,35,39). The van der Waals surface area contributed by atoms with E-state index in [9.17, 15) is 9.59 Å². The first kappa shape index (κ1) is 26.2. The Balaban J connectivity index is 1.34. The molecule has 1 fully saturated rings. The predicted octanol–water partition coefficient (Wildman–Crippen LogP) is 5.65. The summed E-state index contributed by atoms with van der Waals surface area (Å²) in [5.74, 6) is 0.204. The number of rotatable bonds is 6. The zero-order chi connectivity index (χ0) is 28.3. The highest BCUT2D eigenvalue weighted by Crippen LogP contribution is 2.33. The number of amides is 1. The number of benzene rings is 2. The summed E-state index contributed by atoms with van der Waals surface area (Å²) >= 11 is 0. The van der Waals surface area contributed by atoms with Gasteiger partial charge >= 0.3 is 5.97 Å². The van der Waals surface area contributed by atoms with Gasteiger partial charge in [0.25, 0.3) is 0 Å². The van der Waals surface area contributed by atoms with Crippen LogP contribution < -0.4 is 11.1 Å². The Morgan fingerprint density at radius 2 is 1.71 bits per heavy atom. The fourth-order valence-electron chi connectivity index (χ4n) is 5.51. The van der Waals surface area contributed by atoms with E-state index in [1.54, 1.807) is 6.20 Å². The van der Waals surface area contributed by atoms with Crippen molar-refractivity contribution in [2.45, 2.75) is 25.7 Å². The number of nitrogen functional groups attached to an aromatic ring is 1. The molecule has 9 nitrogen and oxygen atoms in total. The molecule has 3 N–H and O–H groups in total. The lowest BCUT2D eigenvalue weighted by Crippen LogP contribution is -2.31.